The van der Waals surface area contributed by atoms with Gasteiger partial charge in [0.05, 0.1) is 11.0 Å². The number of para-hydroxylation sites is 1. The Kier molecular flexibility index (Phi) is 2.26. The van der Waals surface area contributed by atoms with Gasteiger partial charge in [-0.15, -0.1) is 10.2 Å². The monoisotopic (exact) mass is 246 g/mol. The number of hydrogen-bond donors (Lipinski definition) is 0. The van der Waals surface area contributed by atoms with Gasteiger partial charge in [0, 0.05) is 0 Å². The van der Waals surface area contributed by atoms with E-state index in [1.807, 2.05) is 16.5 Å². The molecule has 1 aromatic carbocycles. The summed E-state index contributed by atoms with van der Waals surface area (Å²) in [7, 11) is 0. The average molecular weight is 247 g/mol. The predicted molar refractivity (Wildman–Crippen MR) is 67.4 cm³/mol. The first-order valence-corrected chi connectivity index (χ1v) is 5.84. The Labute approximate surface area is 103 Å². The van der Waals surface area contributed by atoms with Crippen LogP contribution in [0.15, 0.2) is 24.5 Å². The summed E-state index contributed by atoms with van der Waals surface area (Å²) in [5.74, 6) is 0.399. The zero-order chi connectivity index (χ0) is 12.0. The van der Waals surface area contributed by atoms with Crippen molar-refractivity contribution < 1.29 is 0 Å². The van der Waals surface area contributed by atoms with Gasteiger partial charge in [0.15, 0.2) is 10.8 Å². The van der Waals surface area contributed by atoms with Crippen LogP contribution in [0.5, 0.6) is 0 Å². The van der Waals surface area contributed by atoms with Crippen molar-refractivity contribution >= 4 is 28.3 Å². The number of halogens is 1. The summed E-state index contributed by atoms with van der Waals surface area (Å²) in [5.41, 5.74) is 3.68. The van der Waals surface area contributed by atoms with Crippen molar-refractivity contribution in [3.8, 4) is 0 Å². The van der Waals surface area contributed by atoms with Crippen molar-refractivity contribution in [3.63, 3.8) is 0 Å². The second-order valence-corrected chi connectivity index (χ2v) is 4.65. The van der Waals surface area contributed by atoms with E-state index in [0.29, 0.717) is 16.7 Å². The first-order chi connectivity index (χ1) is 8.18. The van der Waals surface area contributed by atoms with Gasteiger partial charge in [-0.3, -0.25) is 4.40 Å². The van der Waals surface area contributed by atoms with Crippen molar-refractivity contribution in [2.24, 2.45) is 0 Å². The molecule has 0 unspecified atom stereocenters. The second kappa shape index (κ2) is 3.67. The summed E-state index contributed by atoms with van der Waals surface area (Å²) in [6.07, 6.45) is 1.66. The highest BCUT2D eigenvalue weighted by atomic mass is 35.5. The maximum Gasteiger partial charge on any atom is 0.198 e. The van der Waals surface area contributed by atoms with Crippen LogP contribution >= 0.6 is 11.6 Å². The normalized spacial score (nSPS) is 11.8. The lowest BCUT2D eigenvalue weighted by molar-refractivity contribution is 0.871. The topological polar surface area (TPSA) is 43.1 Å². The molecule has 0 saturated carbocycles. The summed E-state index contributed by atoms with van der Waals surface area (Å²) in [4.78, 5) is 4.44. The maximum atomic E-state index is 6.12. The predicted octanol–water partition coefficient (Wildman–Crippen LogP) is 3.05. The fourth-order valence-electron chi connectivity index (χ4n) is 2.03. The van der Waals surface area contributed by atoms with Gasteiger partial charge in [-0.05, 0) is 17.5 Å². The van der Waals surface area contributed by atoms with Crippen molar-refractivity contribution in [1.29, 1.82) is 0 Å². The molecule has 0 radical (unpaired) electrons. The Bertz CT molecular complexity index is 702. The Hall–Kier alpha value is -1.68. The zero-order valence-electron chi connectivity index (χ0n) is 9.55. The SMILES string of the molecule is CC(C)c1cccc2c1nc(Cl)c1nncn12. The third-order valence-electron chi connectivity index (χ3n) is 2.87. The summed E-state index contributed by atoms with van der Waals surface area (Å²) in [6.45, 7) is 4.28. The van der Waals surface area contributed by atoms with Crippen molar-refractivity contribution in [2.45, 2.75) is 19.8 Å². The molecule has 86 valence electrons. The first kappa shape index (κ1) is 10.5. The van der Waals surface area contributed by atoms with Crippen molar-refractivity contribution in [2.75, 3.05) is 0 Å². The van der Waals surface area contributed by atoms with Gasteiger partial charge < -0.3 is 0 Å². The molecule has 0 atom stereocenters. The Morgan fingerprint density at radius 3 is 2.88 bits per heavy atom. The number of aromatic nitrogens is 4. The van der Waals surface area contributed by atoms with Crippen LogP contribution in [-0.4, -0.2) is 19.6 Å². The molecule has 0 amide bonds. The highest BCUT2D eigenvalue weighted by molar-refractivity contribution is 6.32. The van der Waals surface area contributed by atoms with Gasteiger partial charge in [-0.1, -0.05) is 37.6 Å². The van der Waals surface area contributed by atoms with E-state index < -0.39 is 0 Å². The standard InChI is InChI=1S/C12H11ClN4/c1-7(2)8-4-3-5-9-10(8)15-11(13)12-16-14-6-17(9)12/h3-7H,1-2H3. The van der Waals surface area contributed by atoms with Gasteiger partial charge in [0.25, 0.3) is 0 Å². The lowest BCUT2D eigenvalue weighted by atomic mass is 10.0. The molecule has 3 rings (SSSR count). The Balaban J connectivity index is 2.53. The molecule has 4 nitrogen and oxygen atoms in total. The second-order valence-electron chi connectivity index (χ2n) is 4.30. The number of benzene rings is 1. The Morgan fingerprint density at radius 1 is 1.29 bits per heavy atom. The van der Waals surface area contributed by atoms with E-state index in [1.165, 1.54) is 5.56 Å². The molecule has 0 bridgehead atoms. The molecule has 3 aromatic rings. The number of nitrogens with zero attached hydrogens (tertiary/aromatic N) is 4. The Morgan fingerprint density at radius 2 is 2.12 bits per heavy atom. The third kappa shape index (κ3) is 1.48. The molecule has 0 aliphatic carbocycles. The molecule has 17 heavy (non-hydrogen) atoms. The van der Waals surface area contributed by atoms with E-state index in [1.54, 1.807) is 6.33 Å². The molecule has 0 N–H and O–H groups in total. The van der Waals surface area contributed by atoms with E-state index >= 15 is 0 Å². The van der Waals surface area contributed by atoms with Gasteiger partial charge in [0.2, 0.25) is 0 Å². The molecule has 2 aromatic heterocycles. The summed E-state index contributed by atoms with van der Waals surface area (Å²) in [6, 6.07) is 6.10. The summed E-state index contributed by atoms with van der Waals surface area (Å²) in [5, 5.41) is 8.23. The number of rotatable bonds is 1. The maximum absolute atomic E-state index is 6.12. The molecule has 5 heteroatoms. The van der Waals surface area contributed by atoms with Gasteiger partial charge in [-0.2, -0.15) is 0 Å². The minimum Gasteiger partial charge on any atom is -0.277 e. The minimum absolute atomic E-state index is 0.392. The van der Waals surface area contributed by atoms with Crippen molar-refractivity contribution in [1.82, 2.24) is 19.6 Å². The largest absolute Gasteiger partial charge is 0.277 e. The molecular formula is C12H11ClN4. The lowest BCUT2D eigenvalue weighted by Gasteiger charge is -2.10. The molecule has 0 fully saturated rings. The molecule has 0 saturated heterocycles. The molecular weight excluding hydrogens is 236 g/mol. The first-order valence-electron chi connectivity index (χ1n) is 5.46. The fraction of sp³-hybridized carbons (Fsp3) is 0.250. The van der Waals surface area contributed by atoms with E-state index in [-0.39, 0.29) is 0 Å². The molecule has 2 heterocycles. The zero-order valence-corrected chi connectivity index (χ0v) is 10.3. The number of fused-ring (bicyclic) bond motifs is 3. The van der Waals surface area contributed by atoms with Gasteiger partial charge in [0.1, 0.15) is 6.33 Å². The van der Waals surface area contributed by atoms with Crippen LogP contribution in [0, 0.1) is 0 Å². The van der Waals surface area contributed by atoms with Crippen LogP contribution in [0.4, 0.5) is 0 Å². The quantitative estimate of drug-likeness (QED) is 0.663. The van der Waals surface area contributed by atoms with Crippen LogP contribution in [0.2, 0.25) is 5.15 Å². The van der Waals surface area contributed by atoms with Crippen LogP contribution in [-0.2, 0) is 0 Å². The van der Waals surface area contributed by atoms with E-state index in [0.717, 1.165) is 11.0 Å². The van der Waals surface area contributed by atoms with E-state index in [9.17, 15) is 0 Å². The average Bonchev–Trinajstić information content (AvgIpc) is 2.78. The van der Waals surface area contributed by atoms with Crippen molar-refractivity contribution in [3.05, 3.63) is 35.2 Å². The summed E-state index contributed by atoms with van der Waals surface area (Å²) >= 11 is 6.12. The summed E-state index contributed by atoms with van der Waals surface area (Å²) < 4.78 is 1.87. The molecule has 0 spiro atoms. The highest BCUT2D eigenvalue weighted by Crippen LogP contribution is 2.26. The lowest BCUT2D eigenvalue weighted by Crippen LogP contribution is -1.97. The van der Waals surface area contributed by atoms with Gasteiger partial charge in [-0.25, -0.2) is 4.98 Å². The van der Waals surface area contributed by atoms with Gasteiger partial charge >= 0.3 is 0 Å². The van der Waals surface area contributed by atoms with Crippen LogP contribution in [0.25, 0.3) is 16.7 Å². The van der Waals surface area contributed by atoms with Crippen LogP contribution < -0.4 is 0 Å². The smallest absolute Gasteiger partial charge is 0.198 e. The highest BCUT2D eigenvalue weighted by Gasteiger charge is 2.12. The minimum atomic E-state index is 0.392. The van der Waals surface area contributed by atoms with Crippen LogP contribution in [0.1, 0.15) is 25.3 Å². The molecule has 0 aliphatic heterocycles. The molecule has 0 aliphatic rings. The fourth-order valence-corrected chi connectivity index (χ4v) is 2.24. The van der Waals surface area contributed by atoms with E-state index in [2.05, 4.69) is 35.1 Å². The van der Waals surface area contributed by atoms with E-state index in [4.69, 9.17) is 11.6 Å². The number of hydrogen-bond acceptors (Lipinski definition) is 3. The third-order valence-corrected chi connectivity index (χ3v) is 3.12. The van der Waals surface area contributed by atoms with Crippen LogP contribution in [0.3, 0.4) is 0 Å².